The zero-order valence-corrected chi connectivity index (χ0v) is 20.2. The number of nitrogens with zero attached hydrogens (tertiary/aromatic N) is 2. The summed E-state index contributed by atoms with van der Waals surface area (Å²) in [6, 6.07) is 12.3. The van der Waals surface area contributed by atoms with E-state index in [1.807, 2.05) is 24.3 Å². The smallest absolute Gasteiger partial charge is 0.392 e. The lowest BCUT2D eigenvalue weighted by molar-refractivity contribution is -0.591. The number of fused-ring (bicyclic) bond motifs is 4. The molecule has 0 bridgehead atoms. The number of aliphatic hydroxyl groups is 1. The van der Waals surface area contributed by atoms with Crippen molar-refractivity contribution in [1.82, 2.24) is 4.68 Å². The first-order valence-electron chi connectivity index (χ1n) is 11.6. The number of halogens is 1. The van der Waals surface area contributed by atoms with Crippen LogP contribution in [0.1, 0.15) is 29.3 Å². The molecule has 1 aromatic heterocycles. The van der Waals surface area contributed by atoms with Gasteiger partial charge in [-0.15, -0.1) is 11.8 Å². The number of pyridine rings is 1. The molecule has 2 aromatic carbocycles. The molecule has 184 valence electrons. The molecule has 1 unspecified atom stereocenters. The van der Waals surface area contributed by atoms with Crippen LogP contribution in [0.3, 0.4) is 0 Å². The summed E-state index contributed by atoms with van der Waals surface area (Å²) in [5.74, 6) is -1.03. The maximum Gasteiger partial charge on any atom is 0.392 e. The fourth-order valence-corrected chi connectivity index (χ4v) is 6.08. The first-order chi connectivity index (χ1) is 17.4. The molecule has 0 spiro atoms. The van der Waals surface area contributed by atoms with Crippen LogP contribution in [-0.4, -0.2) is 52.1 Å². The molecule has 3 aromatic rings. The number of aliphatic hydroxyl groups excluding tert-OH is 1. The molecule has 1 atom stereocenters. The van der Waals surface area contributed by atoms with E-state index >= 15 is 0 Å². The van der Waals surface area contributed by atoms with E-state index in [1.54, 1.807) is 16.3 Å². The van der Waals surface area contributed by atoms with E-state index in [0.29, 0.717) is 36.6 Å². The fraction of sp³-hybridized carbons (Fsp3) is 0.269. The number of carbonyl (C=O) groups is 1. The van der Waals surface area contributed by atoms with Gasteiger partial charge in [-0.3, -0.25) is 15.0 Å². The van der Waals surface area contributed by atoms with Gasteiger partial charge in [0.25, 0.3) is 6.17 Å². The molecule has 1 saturated heterocycles. The Morgan fingerprint density at radius 3 is 2.94 bits per heavy atom. The van der Waals surface area contributed by atoms with E-state index in [0.717, 1.165) is 21.6 Å². The third-order valence-electron chi connectivity index (χ3n) is 6.61. The van der Waals surface area contributed by atoms with Gasteiger partial charge in [0.2, 0.25) is 16.9 Å². The molecule has 1 fully saturated rings. The van der Waals surface area contributed by atoms with Crippen LogP contribution in [0.25, 0.3) is 11.3 Å². The van der Waals surface area contributed by atoms with Gasteiger partial charge in [0.1, 0.15) is 19.0 Å². The largest absolute Gasteiger partial charge is 0.458 e. The van der Waals surface area contributed by atoms with Crippen LogP contribution in [0, 0.1) is 5.82 Å². The van der Waals surface area contributed by atoms with Crippen molar-refractivity contribution in [2.24, 2.45) is 0 Å². The number of aromatic nitrogens is 1. The van der Waals surface area contributed by atoms with Gasteiger partial charge in [-0.05, 0) is 41.3 Å². The van der Waals surface area contributed by atoms with E-state index in [2.05, 4.69) is 5.43 Å². The molecule has 8 nitrogen and oxygen atoms in total. The molecule has 10 heteroatoms. The summed E-state index contributed by atoms with van der Waals surface area (Å²) in [6.45, 7) is 2.24. The number of hydrogen-bond donors (Lipinski definition) is 2. The standard InChI is InChI=1S/C26H22FN3O5S/c1-14(31)35-25-21(32)11-20(30-24(25)26(33)29-6-7-34-12-23(29)28-30)19-10-17(27)8-16-13-36-22-5-3-2-4-15(22)9-18(16)19/h2-5,8,10-11,23,28H,6-7,9,12-13H2,1H3/p+1. The average Bonchev–Trinajstić information content (AvgIpc) is 3.04. The normalized spacial score (nSPS) is 18.2. The van der Waals surface area contributed by atoms with E-state index in [4.69, 9.17) is 9.47 Å². The Morgan fingerprint density at radius 1 is 1.28 bits per heavy atom. The molecular formula is C26H23FN3O5S+. The molecule has 36 heavy (non-hydrogen) atoms. The van der Waals surface area contributed by atoms with Gasteiger partial charge in [0.15, 0.2) is 6.54 Å². The topological polar surface area (TPSA) is 92.8 Å². The summed E-state index contributed by atoms with van der Waals surface area (Å²) < 4.78 is 29.0. The number of morpholine rings is 1. The van der Waals surface area contributed by atoms with Crippen molar-refractivity contribution in [3.8, 4) is 17.0 Å². The molecule has 6 rings (SSSR count). The quantitative estimate of drug-likeness (QED) is 0.406. The summed E-state index contributed by atoms with van der Waals surface area (Å²) in [6.07, 6.45) is 0.124. The van der Waals surface area contributed by atoms with Gasteiger partial charge in [0, 0.05) is 29.2 Å². The summed E-state index contributed by atoms with van der Waals surface area (Å²) >= 11 is 1.65. The number of carbonyl (C=O) groups excluding carboxylic acids is 1. The van der Waals surface area contributed by atoms with E-state index in [-0.39, 0.29) is 23.9 Å². The number of rotatable bonds is 2. The van der Waals surface area contributed by atoms with Crippen molar-refractivity contribution < 1.29 is 28.3 Å². The molecule has 4 heterocycles. The summed E-state index contributed by atoms with van der Waals surface area (Å²) in [7, 11) is 0. The zero-order chi connectivity index (χ0) is 25.0. The fourth-order valence-electron chi connectivity index (χ4n) is 5.01. The number of hydrogen-bond acceptors (Lipinski definition) is 6. The van der Waals surface area contributed by atoms with Crippen molar-refractivity contribution in [1.29, 1.82) is 0 Å². The third kappa shape index (κ3) is 3.77. The number of esters is 1. The first kappa shape index (κ1) is 22.8. The lowest BCUT2D eigenvalue weighted by Crippen LogP contribution is -2.54. The van der Waals surface area contributed by atoms with Crippen LogP contribution in [0.4, 0.5) is 4.39 Å². The van der Waals surface area contributed by atoms with Crippen LogP contribution >= 0.6 is 11.8 Å². The number of thioether (sulfide) groups is 1. The summed E-state index contributed by atoms with van der Waals surface area (Å²) in [5.41, 5.74) is 6.44. The summed E-state index contributed by atoms with van der Waals surface area (Å²) in [4.78, 5) is 26.2. The van der Waals surface area contributed by atoms with Crippen molar-refractivity contribution in [3.63, 3.8) is 0 Å². The van der Waals surface area contributed by atoms with Gasteiger partial charge in [0.05, 0.1) is 5.69 Å². The second-order valence-corrected chi connectivity index (χ2v) is 9.92. The van der Waals surface area contributed by atoms with E-state index < -0.39 is 23.4 Å². The highest BCUT2D eigenvalue weighted by Crippen LogP contribution is 2.39. The van der Waals surface area contributed by atoms with Crippen LogP contribution in [0.15, 0.2) is 52.2 Å². The number of ether oxygens (including phenoxy) is 2. The molecule has 0 amide bonds. The van der Waals surface area contributed by atoms with Crippen LogP contribution in [0.2, 0.25) is 0 Å². The van der Waals surface area contributed by atoms with Crippen LogP contribution in [0.5, 0.6) is 5.75 Å². The third-order valence-corrected chi connectivity index (χ3v) is 7.78. The Kier molecular flexibility index (Phi) is 5.57. The lowest BCUT2D eigenvalue weighted by Gasteiger charge is -2.31. The highest BCUT2D eigenvalue weighted by atomic mass is 32.2. The highest BCUT2D eigenvalue weighted by molar-refractivity contribution is 7.98. The van der Waals surface area contributed by atoms with Crippen LogP contribution in [-0.2, 0) is 21.7 Å². The maximum absolute atomic E-state index is 15.0. The van der Waals surface area contributed by atoms with Gasteiger partial charge >= 0.3 is 11.9 Å². The van der Waals surface area contributed by atoms with E-state index in [9.17, 15) is 19.1 Å². The van der Waals surface area contributed by atoms with Gasteiger partial charge in [-0.1, -0.05) is 18.2 Å². The molecule has 0 saturated carbocycles. The molecule has 0 radical (unpaired) electrons. The Hall–Kier alpha value is -3.63. The monoisotopic (exact) mass is 508 g/mol. The second kappa shape index (κ2) is 8.79. The zero-order valence-electron chi connectivity index (χ0n) is 19.4. The van der Waals surface area contributed by atoms with Crippen molar-refractivity contribution in [2.75, 3.05) is 25.2 Å². The highest BCUT2D eigenvalue weighted by Gasteiger charge is 2.40. The minimum Gasteiger partial charge on any atom is -0.458 e. The Bertz CT molecular complexity index is 1520. The molecule has 2 N–H and O–H groups in total. The Labute approximate surface area is 210 Å². The predicted octanol–water partition coefficient (Wildman–Crippen LogP) is 3.01. The lowest BCUT2D eigenvalue weighted by atomic mass is 9.93. The number of benzene rings is 2. The Balaban J connectivity index is 1.62. The Morgan fingerprint density at radius 2 is 2.11 bits per heavy atom. The van der Waals surface area contributed by atoms with Crippen molar-refractivity contribution >= 4 is 23.6 Å². The molecule has 3 aliphatic rings. The maximum atomic E-state index is 15.0. The second-order valence-electron chi connectivity index (χ2n) is 8.90. The first-order valence-corrected chi connectivity index (χ1v) is 12.6. The van der Waals surface area contributed by atoms with Gasteiger partial charge < -0.3 is 14.6 Å². The van der Waals surface area contributed by atoms with Gasteiger partial charge in [-0.2, -0.15) is 4.58 Å². The van der Waals surface area contributed by atoms with Gasteiger partial charge in [-0.25, -0.2) is 9.07 Å². The SMILES string of the molecule is CC(=O)Oc1c2n(c(-c3cc(F)cc4c3Cc3ccccc3SC4)cc1=O)NC1COCC[N+]1=C2O. The van der Waals surface area contributed by atoms with Crippen molar-refractivity contribution in [3.05, 3.63) is 80.9 Å². The van der Waals surface area contributed by atoms with E-state index in [1.165, 1.54) is 29.8 Å². The number of nitrogens with one attached hydrogen (secondary N) is 1. The minimum atomic E-state index is -0.687. The molecular weight excluding hydrogens is 485 g/mol. The predicted molar refractivity (Wildman–Crippen MR) is 132 cm³/mol. The molecule has 0 aliphatic carbocycles. The average molecular weight is 509 g/mol. The minimum absolute atomic E-state index is 0.0206. The van der Waals surface area contributed by atoms with Crippen LogP contribution < -0.4 is 15.6 Å². The molecule has 3 aliphatic heterocycles. The van der Waals surface area contributed by atoms with Crippen molar-refractivity contribution in [2.45, 2.75) is 30.2 Å². The summed E-state index contributed by atoms with van der Waals surface area (Å²) in [5, 5.41) is 11.2.